The highest BCUT2D eigenvalue weighted by Gasteiger charge is 2.18. The molecule has 0 bridgehead atoms. The molecule has 4 heteroatoms. The Morgan fingerprint density at radius 2 is 1.75 bits per heavy atom. The van der Waals surface area contributed by atoms with Crippen LogP contribution in [0.4, 0.5) is 0 Å². The molecule has 0 saturated carbocycles. The normalized spacial score (nSPS) is 18.3. The van der Waals surface area contributed by atoms with E-state index in [-0.39, 0.29) is 6.42 Å². The van der Waals surface area contributed by atoms with E-state index in [1.54, 1.807) is 0 Å². The fraction of sp³-hybridized carbons (Fsp3) is 0.750. The number of rotatable bonds is 6. The third-order valence-electron chi connectivity index (χ3n) is 1.58. The lowest BCUT2D eigenvalue weighted by atomic mass is 10.1. The van der Waals surface area contributed by atoms with Crippen molar-refractivity contribution >= 4 is 0 Å². The molecule has 72 valence electrons. The molecule has 0 aliphatic heterocycles. The Morgan fingerprint density at radius 1 is 1.17 bits per heavy atom. The van der Waals surface area contributed by atoms with Crippen molar-refractivity contribution in [2.45, 2.75) is 31.2 Å². The van der Waals surface area contributed by atoms with E-state index in [0.717, 1.165) is 0 Å². The molecule has 0 aromatic heterocycles. The summed E-state index contributed by atoms with van der Waals surface area (Å²) in [5, 5.41) is 35.6. The van der Waals surface area contributed by atoms with Crippen molar-refractivity contribution in [3.63, 3.8) is 0 Å². The molecule has 0 amide bonds. The molecule has 0 aliphatic carbocycles. The largest absolute Gasteiger partial charge is 0.394 e. The van der Waals surface area contributed by atoms with Crippen molar-refractivity contribution in [1.29, 1.82) is 0 Å². The van der Waals surface area contributed by atoms with E-state index in [0.29, 0.717) is 6.42 Å². The smallest absolute Gasteiger partial charge is 0.103 e. The van der Waals surface area contributed by atoms with Crippen LogP contribution >= 0.6 is 0 Å². The quantitative estimate of drug-likeness (QED) is 0.392. The van der Waals surface area contributed by atoms with Crippen LogP contribution in [0.3, 0.4) is 0 Å². The minimum absolute atomic E-state index is 0.0494. The average Bonchev–Trinajstić information content (AvgIpc) is 2.03. The second-order valence-corrected chi connectivity index (χ2v) is 2.73. The van der Waals surface area contributed by atoms with E-state index in [1.165, 1.54) is 6.08 Å². The summed E-state index contributed by atoms with van der Waals surface area (Å²) in [6, 6.07) is 0. The lowest BCUT2D eigenvalue weighted by Gasteiger charge is -2.17. The predicted molar refractivity (Wildman–Crippen MR) is 44.5 cm³/mol. The third kappa shape index (κ3) is 4.46. The number of aliphatic hydroxyl groups is 4. The van der Waals surface area contributed by atoms with Crippen molar-refractivity contribution < 1.29 is 20.4 Å². The lowest BCUT2D eigenvalue weighted by molar-refractivity contribution is -0.0357. The van der Waals surface area contributed by atoms with Gasteiger partial charge in [0.05, 0.1) is 18.8 Å². The van der Waals surface area contributed by atoms with Gasteiger partial charge in [0.2, 0.25) is 0 Å². The minimum Gasteiger partial charge on any atom is -0.394 e. The molecule has 0 saturated heterocycles. The van der Waals surface area contributed by atoms with Crippen LogP contribution in [0.15, 0.2) is 12.7 Å². The Balaban J connectivity index is 3.66. The van der Waals surface area contributed by atoms with Gasteiger partial charge in [-0.1, -0.05) is 6.08 Å². The Bertz CT molecular complexity index is 126. The first kappa shape index (κ1) is 11.6. The molecule has 0 aromatic rings. The fourth-order valence-corrected chi connectivity index (χ4v) is 0.846. The molecular formula is C8H16O4. The first-order valence-electron chi connectivity index (χ1n) is 3.87. The summed E-state index contributed by atoms with van der Waals surface area (Å²) >= 11 is 0. The summed E-state index contributed by atoms with van der Waals surface area (Å²) in [7, 11) is 0. The summed E-state index contributed by atoms with van der Waals surface area (Å²) in [6.45, 7) is 2.92. The van der Waals surface area contributed by atoms with E-state index in [4.69, 9.17) is 20.4 Å². The zero-order valence-corrected chi connectivity index (χ0v) is 6.93. The molecule has 0 spiro atoms. The Labute approximate surface area is 71.8 Å². The standard InChI is InChI=1S/C8H16O4/c1-2-3-6(10)4-7(11)8(12)5-9/h2,6-12H,1,3-5H2/t6-,7+,8-/m1/s1. The molecule has 0 heterocycles. The van der Waals surface area contributed by atoms with Crippen LogP contribution in [0.2, 0.25) is 0 Å². The topological polar surface area (TPSA) is 80.9 Å². The van der Waals surface area contributed by atoms with Gasteiger partial charge in [0.25, 0.3) is 0 Å². The first-order valence-corrected chi connectivity index (χ1v) is 3.87. The van der Waals surface area contributed by atoms with Crippen LogP contribution in [0.1, 0.15) is 12.8 Å². The van der Waals surface area contributed by atoms with Crippen LogP contribution in [0, 0.1) is 0 Å². The molecule has 0 radical (unpaired) electrons. The maximum atomic E-state index is 9.14. The van der Waals surface area contributed by atoms with Crippen LogP contribution < -0.4 is 0 Å². The maximum absolute atomic E-state index is 9.14. The van der Waals surface area contributed by atoms with Crippen LogP contribution in [0.5, 0.6) is 0 Å². The summed E-state index contributed by atoms with van der Waals surface area (Å²) in [4.78, 5) is 0. The Morgan fingerprint density at radius 3 is 2.17 bits per heavy atom. The van der Waals surface area contributed by atoms with Gasteiger partial charge in [-0.25, -0.2) is 0 Å². The zero-order valence-electron chi connectivity index (χ0n) is 6.93. The molecular weight excluding hydrogens is 160 g/mol. The number of aliphatic hydroxyl groups excluding tert-OH is 4. The van der Waals surface area contributed by atoms with Gasteiger partial charge < -0.3 is 20.4 Å². The third-order valence-corrected chi connectivity index (χ3v) is 1.58. The molecule has 4 nitrogen and oxygen atoms in total. The van der Waals surface area contributed by atoms with Gasteiger partial charge in [-0.05, 0) is 6.42 Å². The molecule has 0 fully saturated rings. The van der Waals surface area contributed by atoms with Crippen molar-refractivity contribution in [1.82, 2.24) is 0 Å². The van der Waals surface area contributed by atoms with Gasteiger partial charge in [-0.15, -0.1) is 6.58 Å². The van der Waals surface area contributed by atoms with Crippen molar-refractivity contribution in [2.24, 2.45) is 0 Å². The predicted octanol–water partition coefficient (Wildman–Crippen LogP) is -0.972. The molecule has 0 rings (SSSR count). The highest BCUT2D eigenvalue weighted by molar-refractivity contribution is 4.76. The van der Waals surface area contributed by atoms with E-state index in [1.807, 2.05) is 0 Å². The SMILES string of the molecule is C=CC[C@@H](O)C[C@H](O)[C@H](O)CO. The summed E-state index contributed by atoms with van der Waals surface area (Å²) in [5.74, 6) is 0. The van der Waals surface area contributed by atoms with Gasteiger partial charge >= 0.3 is 0 Å². The van der Waals surface area contributed by atoms with Crippen LogP contribution in [-0.4, -0.2) is 45.3 Å². The molecule has 0 unspecified atom stereocenters. The molecule has 3 atom stereocenters. The summed E-state index contributed by atoms with van der Waals surface area (Å²) in [6.07, 6.45) is -1.01. The van der Waals surface area contributed by atoms with Gasteiger partial charge in [0.15, 0.2) is 0 Å². The van der Waals surface area contributed by atoms with Gasteiger partial charge in [0.1, 0.15) is 6.10 Å². The van der Waals surface area contributed by atoms with Gasteiger partial charge in [-0.3, -0.25) is 0 Å². The summed E-state index contributed by atoms with van der Waals surface area (Å²) < 4.78 is 0. The first-order chi connectivity index (χ1) is 5.61. The highest BCUT2D eigenvalue weighted by atomic mass is 16.4. The number of hydrogen-bond acceptors (Lipinski definition) is 4. The monoisotopic (exact) mass is 176 g/mol. The van der Waals surface area contributed by atoms with Gasteiger partial charge in [0, 0.05) is 6.42 Å². The molecule has 0 aromatic carbocycles. The Kier molecular flexibility index (Phi) is 5.92. The minimum atomic E-state index is -1.18. The summed E-state index contributed by atoms with van der Waals surface area (Å²) in [5.41, 5.74) is 0. The van der Waals surface area contributed by atoms with E-state index in [9.17, 15) is 0 Å². The molecule has 4 N–H and O–H groups in total. The van der Waals surface area contributed by atoms with Crippen molar-refractivity contribution in [2.75, 3.05) is 6.61 Å². The Hall–Kier alpha value is -0.420. The maximum Gasteiger partial charge on any atom is 0.103 e. The number of hydrogen-bond donors (Lipinski definition) is 4. The highest BCUT2D eigenvalue weighted by Crippen LogP contribution is 2.06. The lowest BCUT2D eigenvalue weighted by Crippen LogP contribution is -2.32. The van der Waals surface area contributed by atoms with Crippen LogP contribution in [-0.2, 0) is 0 Å². The van der Waals surface area contributed by atoms with Crippen molar-refractivity contribution in [3.8, 4) is 0 Å². The average molecular weight is 176 g/mol. The zero-order chi connectivity index (χ0) is 9.56. The second kappa shape index (κ2) is 6.14. The van der Waals surface area contributed by atoms with E-state index in [2.05, 4.69) is 6.58 Å². The second-order valence-electron chi connectivity index (χ2n) is 2.73. The van der Waals surface area contributed by atoms with E-state index < -0.39 is 24.9 Å². The molecule has 0 aliphatic rings. The molecule has 12 heavy (non-hydrogen) atoms. The van der Waals surface area contributed by atoms with E-state index >= 15 is 0 Å². The fourth-order valence-electron chi connectivity index (χ4n) is 0.846. The van der Waals surface area contributed by atoms with Crippen LogP contribution in [0.25, 0.3) is 0 Å². The van der Waals surface area contributed by atoms with Crippen molar-refractivity contribution in [3.05, 3.63) is 12.7 Å². The van der Waals surface area contributed by atoms with Gasteiger partial charge in [-0.2, -0.15) is 0 Å².